The van der Waals surface area contributed by atoms with Gasteiger partial charge in [0.2, 0.25) is 0 Å². The standard InChI is InChI=1S/C20H20N6OS/c1-13-14(2)24-16(23-13)12-28-20-25-18-17(21-9-10-22-18)19(27)26(20)11-8-15-6-4-3-5-7-15/h3-7,9-10H,8,11-12H2,1-2H3,(H,23,24). The van der Waals surface area contributed by atoms with E-state index in [9.17, 15) is 4.79 Å². The summed E-state index contributed by atoms with van der Waals surface area (Å²) in [5, 5.41) is 0.626. The third-order valence-electron chi connectivity index (χ3n) is 4.54. The first-order valence-corrected chi connectivity index (χ1v) is 10.0. The van der Waals surface area contributed by atoms with Crippen LogP contribution in [0.25, 0.3) is 11.2 Å². The summed E-state index contributed by atoms with van der Waals surface area (Å²) in [6.07, 6.45) is 3.81. The van der Waals surface area contributed by atoms with E-state index in [2.05, 4.69) is 37.1 Å². The molecule has 7 nitrogen and oxygen atoms in total. The normalized spacial score (nSPS) is 11.2. The molecule has 8 heteroatoms. The molecule has 0 aliphatic heterocycles. The number of benzene rings is 1. The molecule has 28 heavy (non-hydrogen) atoms. The van der Waals surface area contributed by atoms with Crippen LogP contribution >= 0.6 is 11.8 Å². The zero-order chi connectivity index (χ0) is 19.5. The predicted octanol–water partition coefficient (Wildman–Crippen LogP) is 3.06. The molecule has 3 aromatic heterocycles. The second-order valence-corrected chi connectivity index (χ2v) is 7.44. The smallest absolute Gasteiger partial charge is 0.282 e. The van der Waals surface area contributed by atoms with E-state index in [-0.39, 0.29) is 5.56 Å². The zero-order valence-electron chi connectivity index (χ0n) is 15.7. The zero-order valence-corrected chi connectivity index (χ0v) is 16.5. The Hall–Kier alpha value is -3.00. The van der Waals surface area contributed by atoms with E-state index in [1.54, 1.807) is 10.8 Å². The van der Waals surface area contributed by atoms with Crippen molar-refractivity contribution >= 4 is 22.9 Å². The summed E-state index contributed by atoms with van der Waals surface area (Å²) in [7, 11) is 0. The van der Waals surface area contributed by atoms with Crippen LogP contribution in [0.3, 0.4) is 0 Å². The van der Waals surface area contributed by atoms with Gasteiger partial charge in [-0.2, -0.15) is 0 Å². The summed E-state index contributed by atoms with van der Waals surface area (Å²) in [6, 6.07) is 10.1. The Bertz CT molecular complexity index is 1150. The SMILES string of the molecule is Cc1nc(CSc2nc3nccnc3c(=O)n2CCc2ccccc2)[nH]c1C. The highest BCUT2D eigenvalue weighted by atomic mass is 32.2. The van der Waals surface area contributed by atoms with E-state index in [1.807, 2.05) is 32.0 Å². The topological polar surface area (TPSA) is 89.3 Å². The fourth-order valence-electron chi connectivity index (χ4n) is 2.94. The van der Waals surface area contributed by atoms with Crippen LogP contribution in [0.5, 0.6) is 0 Å². The van der Waals surface area contributed by atoms with E-state index < -0.39 is 0 Å². The molecule has 3 heterocycles. The molecule has 142 valence electrons. The first-order chi connectivity index (χ1) is 13.6. The maximum Gasteiger partial charge on any atom is 0.282 e. The first-order valence-electron chi connectivity index (χ1n) is 9.02. The van der Waals surface area contributed by atoms with Gasteiger partial charge in [-0.3, -0.25) is 9.36 Å². The highest BCUT2D eigenvalue weighted by molar-refractivity contribution is 7.98. The molecule has 0 aliphatic rings. The lowest BCUT2D eigenvalue weighted by molar-refractivity contribution is 0.592. The number of fused-ring (bicyclic) bond motifs is 1. The minimum Gasteiger partial charge on any atom is -0.345 e. The molecule has 4 rings (SSSR count). The maximum atomic E-state index is 13.0. The van der Waals surface area contributed by atoms with Crippen LogP contribution in [0.1, 0.15) is 22.8 Å². The minimum atomic E-state index is -0.164. The van der Waals surface area contributed by atoms with Crippen molar-refractivity contribution in [2.45, 2.75) is 37.7 Å². The summed E-state index contributed by atoms with van der Waals surface area (Å²) < 4.78 is 1.69. The van der Waals surface area contributed by atoms with Crippen molar-refractivity contribution in [2.75, 3.05) is 0 Å². The lowest BCUT2D eigenvalue weighted by atomic mass is 10.1. The average Bonchev–Trinajstić information content (AvgIpc) is 3.04. The van der Waals surface area contributed by atoms with Crippen LogP contribution in [-0.4, -0.2) is 29.5 Å². The van der Waals surface area contributed by atoms with Crippen LogP contribution in [0, 0.1) is 13.8 Å². The molecule has 0 fully saturated rings. The summed E-state index contributed by atoms with van der Waals surface area (Å²) >= 11 is 1.48. The molecular weight excluding hydrogens is 372 g/mol. The van der Waals surface area contributed by atoms with Crippen molar-refractivity contribution in [2.24, 2.45) is 0 Å². The molecule has 0 bridgehead atoms. The molecule has 0 amide bonds. The second-order valence-electron chi connectivity index (χ2n) is 6.50. The lowest BCUT2D eigenvalue weighted by Crippen LogP contribution is -2.25. The lowest BCUT2D eigenvalue weighted by Gasteiger charge is -2.12. The molecular formula is C20H20N6OS. The number of thioether (sulfide) groups is 1. The van der Waals surface area contributed by atoms with Crippen LogP contribution in [0.15, 0.2) is 52.7 Å². The molecule has 1 N–H and O–H groups in total. The summed E-state index contributed by atoms with van der Waals surface area (Å²) in [6.45, 7) is 4.50. The molecule has 0 atom stereocenters. The summed E-state index contributed by atoms with van der Waals surface area (Å²) in [5.41, 5.74) is 3.70. The number of aryl methyl sites for hydroxylation is 3. The van der Waals surface area contributed by atoms with Crippen LogP contribution in [-0.2, 0) is 18.7 Å². The van der Waals surface area contributed by atoms with Gasteiger partial charge in [-0.05, 0) is 25.8 Å². The highest BCUT2D eigenvalue weighted by Crippen LogP contribution is 2.21. The van der Waals surface area contributed by atoms with Crippen molar-refractivity contribution in [1.29, 1.82) is 0 Å². The van der Waals surface area contributed by atoms with Crippen LogP contribution < -0.4 is 5.56 Å². The van der Waals surface area contributed by atoms with E-state index in [4.69, 9.17) is 0 Å². The van der Waals surface area contributed by atoms with Gasteiger partial charge >= 0.3 is 0 Å². The number of hydrogen-bond acceptors (Lipinski definition) is 6. The van der Waals surface area contributed by atoms with Gasteiger partial charge in [0.15, 0.2) is 16.3 Å². The fourth-order valence-corrected chi connectivity index (χ4v) is 3.83. The van der Waals surface area contributed by atoms with Gasteiger partial charge in [-0.15, -0.1) is 0 Å². The first kappa shape index (κ1) is 18.4. The monoisotopic (exact) mass is 392 g/mol. The van der Waals surface area contributed by atoms with E-state index in [1.165, 1.54) is 23.5 Å². The Labute approximate surface area is 166 Å². The van der Waals surface area contributed by atoms with Crippen molar-refractivity contribution in [3.05, 3.63) is 75.9 Å². The molecule has 0 saturated heterocycles. The van der Waals surface area contributed by atoms with Crippen LogP contribution in [0.2, 0.25) is 0 Å². The van der Waals surface area contributed by atoms with E-state index >= 15 is 0 Å². The van der Waals surface area contributed by atoms with Gasteiger partial charge in [-0.1, -0.05) is 42.1 Å². The minimum absolute atomic E-state index is 0.164. The molecule has 0 aliphatic carbocycles. The quantitative estimate of drug-likeness (QED) is 0.401. The fraction of sp³-hybridized carbons (Fsp3) is 0.250. The van der Waals surface area contributed by atoms with E-state index in [0.717, 1.165) is 23.6 Å². The molecule has 4 aromatic rings. The van der Waals surface area contributed by atoms with Crippen molar-refractivity contribution in [3.63, 3.8) is 0 Å². The van der Waals surface area contributed by atoms with Gasteiger partial charge < -0.3 is 4.98 Å². The van der Waals surface area contributed by atoms with Gasteiger partial charge in [0.05, 0.1) is 11.4 Å². The number of nitrogens with one attached hydrogen (secondary N) is 1. The predicted molar refractivity (Wildman–Crippen MR) is 109 cm³/mol. The number of aromatic nitrogens is 6. The van der Waals surface area contributed by atoms with Gasteiger partial charge in [0, 0.05) is 24.6 Å². The Kier molecular flexibility index (Phi) is 5.21. The third kappa shape index (κ3) is 3.82. The van der Waals surface area contributed by atoms with Crippen molar-refractivity contribution < 1.29 is 0 Å². The molecule has 0 unspecified atom stereocenters. The number of aromatic amines is 1. The number of imidazole rings is 1. The average molecular weight is 392 g/mol. The highest BCUT2D eigenvalue weighted by Gasteiger charge is 2.14. The van der Waals surface area contributed by atoms with Gasteiger partial charge in [0.25, 0.3) is 5.56 Å². The summed E-state index contributed by atoms with van der Waals surface area (Å²) in [5.74, 6) is 1.46. The van der Waals surface area contributed by atoms with Gasteiger partial charge in [-0.25, -0.2) is 19.9 Å². The largest absolute Gasteiger partial charge is 0.345 e. The molecule has 0 radical (unpaired) electrons. The van der Waals surface area contributed by atoms with Crippen LogP contribution in [0.4, 0.5) is 0 Å². The Morgan fingerprint density at radius 3 is 2.61 bits per heavy atom. The maximum absolute atomic E-state index is 13.0. The number of hydrogen-bond donors (Lipinski definition) is 1. The molecule has 0 saturated carbocycles. The van der Waals surface area contributed by atoms with Crippen molar-refractivity contribution in [3.8, 4) is 0 Å². The Morgan fingerprint density at radius 2 is 1.86 bits per heavy atom. The number of H-pyrrole nitrogens is 1. The number of nitrogens with zero attached hydrogens (tertiary/aromatic N) is 5. The summed E-state index contributed by atoms with van der Waals surface area (Å²) in [4.78, 5) is 33.8. The third-order valence-corrected chi connectivity index (χ3v) is 5.53. The van der Waals surface area contributed by atoms with Gasteiger partial charge in [0.1, 0.15) is 5.82 Å². The van der Waals surface area contributed by atoms with Crippen molar-refractivity contribution in [1.82, 2.24) is 29.5 Å². The Morgan fingerprint density at radius 1 is 1.07 bits per heavy atom. The number of rotatable bonds is 6. The second kappa shape index (κ2) is 7.93. The van der Waals surface area contributed by atoms with E-state index in [0.29, 0.717) is 28.6 Å². The molecule has 1 aromatic carbocycles. The Balaban J connectivity index is 1.67. The molecule has 0 spiro atoms.